The monoisotopic (exact) mass is 362 g/mol. The van der Waals surface area contributed by atoms with E-state index in [0.29, 0.717) is 29.9 Å². The third kappa shape index (κ3) is 4.54. The Morgan fingerprint density at radius 2 is 2.04 bits per heavy atom. The van der Waals surface area contributed by atoms with Crippen molar-refractivity contribution in [2.45, 2.75) is 51.6 Å². The molecule has 1 aliphatic carbocycles. The van der Waals surface area contributed by atoms with Gasteiger partial charge in [-0.1, -0.05) is 13.8 Å². The van der Waals surface area contributed by atoms with Gasteiger partial charge in [-0.25, -0.2) is 4.39 Å². The zero-order valence-electron chi connectivity index (χ0n) is 15.3. The van der Waals surface area contributed by atoms with Gasteiger partial charge in [-0.3, -0.25) is 9.59 Å². The molecule has 26 heavy (non-hydrogen) atoms. The number of benzene rings is 1. The minimum Gasteiger partial charge on any atom is -0.484 e. The van der Waals surface area contributed by atoms with Crippen LogP contribution in [0.2, 0.25) is 0 Å². The van der Waals surface area contributed by atoms with Crippen LogP contribution in [0.1, 0.15) is 39.5 Å². The molecule has 2 N–H and O–H groups in total. The van der Waals surface area contributed by atoms with Gasteiger partial charge in [0.2, 0.25) is 5.91 Å². The number of hydrogen-bond acceptors (Lipinski definition) is 3. The van der Waals surface area contributed by atoms with Crippen molar-refractivity contribution in [1.29, 1.82) is 0 Å². The average molecular weight is 362 g/mol. The first kappa shape index (κ1) is 18.7. The first-order valence-electron chi connectivity index (χ1n) is 9.39. The Balaban J connectivity index is 1.49. The molecule has 1 aromatic carbocycles. The molecule has 0 aromatic heterocycles. The van der Waals surface area contributed by atoms with Gasteiger partial charge < -0.3 is 15.4 Å². The van der Waals surface area contributed by atoms with Gasteiger partial charge in [-0.05, 0) is 61.3 Å². The number of piperidine rings is 1. The lowest BCUT2D eigenvalue weighted by Gasteiger charge is -2.45. The zero-order chi connectivity index (χ0) is 18.7. The Bertz CT molecular complexity index is 647. The Morgan fingerprint density at radius 1 is 1.31 bits per heavy atom. The highest BCUT2D eigenvalue weighted by Gasteiger charge is 2.41. The van der Waals surface area contributed by atoms with Crippen LogP contribution in [0.15, 0.2) is 24.3 Å². The summed E-state index contributed by atoms with van der Waals surface area (Å²) in [6.45, 7) is 4.26. The highest BCUT2D eigenvalue weighted by atomic mass is 19.1. The highest BCUT2D eigenvalue weighted by Crippen LogP contribution is 2.38. The number of halogens is 1. The predicted octanol–water partition coefficient (Wildman–Crippen LogP) is 2.65. The fourth-order valence-electron chi connectivity index (χ4n) is 4.31. The van der Waals surface area contributed by atoms with Crippen molar-refractivity contribution in [3.63, 3.8) is 0 Å². The summed E-state index contributed by atoms with van der Waals surface area (Å²) in [4.78, 5) is 24.2. The van der Waals surface area contributed by atoms with Gasteiger partial charge in [0.25, 0.3) is 5.91 Å². The van der Waals surface area contributed by atoms with Crippen molar-refractivity contribution in [2.24, 2.45) is 17.8 Å². The van der Waals surface area contributed by atoms with E-state index in [0.717, 1.165) is 19.3 Å². The number of amides is 2. The molecule has 1 aromatic rings. The molecule has 3 rings (SSSR count). The third-order valence-electron chi connectivity index (χ3n) is 5.63. The molecule has 0 spiro atoms. The fourth-order valence-corrected chi connectivity index (χ4v) is 4.31. The average Bonchev–Trinajstić information content (AvgIpc) is 2.60. The van der Waals surface area contributed by atoms with E-state index in [1.54, 1.807) is 0 Å². The summed E-state index contributed by atoms with van der Waals surface area (Å²) < 4.78 is 18.3. The quantitative estimate of drug-likeness (QED) is 0.846. The van der Waals surface area contributed by atoms with E-state index in [9.17, 15) is 14.0 Å². The maximum atomic E-state index is 12.9. The van der Waals surface area contributed by atoms with E-state index in [-0.39, 0.29) is 36.3 Å². The van der Waals surface area contributed by atoms with Crippen LogP contribution in [0.3, 0.4) is 0 Å². The molecule has 1 aliphatic heterocycles. The fraction of sp³-hybridized carbons (Fsp3) is 0.600. The van der Waals surface area contributed by atoms with Crippen LogP contribution in [0.25, 0.3) is 0 Å². The van der Waals surface area contributed by atoms with Gasteiger partial charge >= 0.3 is 0 Å². The second kappa shape index (κ2) is 8.06. The first-order chi connectivity index (χ1) is 12.4. The molecule has 2 aliphatic rings. The van der Waals surface area contributed by atoms with Gasteiger partial charge in [0.1, 0.15) is 11.6 Å². The second-order valence-corrected chi connectivity index (χ2v) is 7.77. The van der Waals surface area contributed by atoms with Crippen molar-refractivity contribution >= 4 is 11.8 Å². The van der Waals surface area contributed by atoms with Crippen LogP contribution in [0.5, 0.6) is 5.75 Å². The molecule has 0 bridgehead atoms. The predicted molar refractivity (Wildman–Crippen MR) is 96.0 cm³/mol. The van der Waals surface area contributed by atoms with Crippen LogP contribution in [-0.4, -0.2) is 30.5 Å². The Labute approximate surface area is 153 Å². The first-order valence-corrected chi connectivity index (χ1v) is 9.39. The van der Waals surface area contributed by atoms with Gasteiger partial charge in [0.05, 0.1) is 0 Å². The van der Waals surface area contributed by atoms with Crippen molar-refractivity contribution in [1.82, 2.24) is 10.6 Å². The van der Waals surface area contributed by atoms with Gasteiger partial charge in [0, 0.05) is 18.5 Å². The topological polar surface area (TPSA) is 67.4 Å². The maximum Gasteiger partial charge on any atom is 0.258 e. The van der Waals surface area contributed by atoms with Crippen molar-refractivity contribution in [3.05, 3.63) is 30.1 Å². The second-order valence-electron chi connectivity index (χ2n) is 7.77. The van der Waals surface area contributed by atoms with Crippen molar-refractivity contribution < 1.29 is 18.7 Å². The maximum absolute atomic E-state index is 12.9. The molecular formula is C20H27FN2O3. The number of hydrogen-bond donors (Lipinski definition) is 2. The van der Waals surface area contributed by atoms with E-state index >= 15 is 0 Å². The van der Waals surface area contributed by atoms with E-state index in [4.69, 9.17) is 4.74 Å². The van der Waals surface area contributed by atoms with E-state index in [1.165, 1.54) is 24.3 Å². The van der Waals surface area contributed by atoms with Crippen LogP contribution < -0.4 is 15.4 Å². The summed E-state index contributed by atoms with van der Waals surface area (Å²) in [6.07, 6.45) is 3.31. The molecule has 4 unspecified atom stereocenters. The molecule has 4 atom stereocenters. The summed E-state index contributed by atoms with van der Waals surface area (Å²) in [5.41, 5.74) is 0. The Kier molecular flexibility index (Phi) is 5.79. The lowest BCUT2D eigenvalue weighted by molar-refractivity contribution is -0.128. The number of carbonyl (C=O) groups excluding carboxylic acids is 2. The standard InChI is InChI=1S/C20H27FN2O3/c1-12(2)17-10-19(24)23-18-9-14(5-8-16(17)18)22-20(25)11-26-15-6-3-13(21)4-7-15/h3-4,6-7,12,14,16-18H,5,8-11H2,1-2H3,(H,22,25)(H,23,24). The smallest absolute Gasteiger partial charge is 0.258 e. The molecule has 2 fully saturated rings. The van der Waals surface area contributed by atoms with Crippen LogP contribution in [-0.2, 0) is 9.59 Å². The lowest BCUT2D eigenvalue weighted by atomic mass is 9.67. The van der Waals surface area contributed by atoms with Crippen LogP contribution in [0, 0.1) is 23.6 Å². The number of fused-ring (bicyclic) bond motifs is 1. The number of ether oxygens (including phenoxy) is 1. The number of rotatable bonds is 5. The summed E-state index contributed by atoms with van der Waals surface area (Å²) in [5, 5.41) is 6.12. The number of carbonyl (C=O) groups is 2. The summed E-state index contributed by atoms with van der Waals surface area (Å²) in [5.74, 6) is 1.46. The highest BCUT2D eigenvalue weighted by molar-refractivity contribution is 5.78. The molecule has 0 radical (unpaired) electrons. The van der Waals surface area contributed by atoms with Crippen LogP contribution >= 0.6 is 0 Å². The molecule has 6 heteroatoms. The summed E-state index contributed by atoms with van der Waals surface area (Å²) >= 11 is 0. The SMILES string of the molecule is CC(C)C1CC(=O)NC2CC(NC(=O)COc3ccc(F)cc3)CCC21. The Morgan fingerprint density at radius 3 is 2.73 bits per heavy atom. The zero-order valence-corrected chi connectivity index (χ0v) is 15.3. The summed E-state index contributed by atoms with van der Waals surface area (Å²) in [7, 11) is 0. The third-order valence-corrected chi connectivity index (χ3v) is 5.63. The van der Waals surface area contributed by atoms with Gasteiger partial charge in [0.15, 0.2) is 6.61 Å². The molecule has 5 nitrogen and oxygen atoms in total. The van der Waals surface area contributed by atoms with E-state index < -0.39 is 0 Å². The van der Waals surface area contributed by atoms with E-state index in [1.807, 2.05) is 0 Å². The molecular weight excluding hydrogens is 335 g/mol. The Hall–Kier alpha value is -2.11. The minimum atomic E-state index is -0.340. The lowest BCUT2D eigenvalue weighted by Crippen LogP contribution is -2.56. The molecule has 2 amide bonds. The largest absolute Gasteiger partial charge is 0.484 e. The van der Waals surface area contributed by atoms with Gasteiger partial charge in [-0.15, -0.1) is 0 Å². The number of nitrogens with one attached hydrogen (secondary N) is 2. The molecule has 1 saturated heterocycles. The molecule has 1 heterocycles. The van der Waals surface area contributed by atoms with E-state index in [2.05, 4.69) is 24.5 Å². The van der Waals surface area contributed by atoms with Crippen molar-refractivity contribution in [3.8, 4) is 5.75 Å². The van der Waals surface area contributed by atoms with Gasteiger partial charge in [-0.2, -0.15) is 0 Å². The normalized spacial score (nSPS) is 28.2. The summed E-state index contributed by atoms with van der Waals surface area (Å²) in [6, 6.07) is 5.78. The van der Waals surface area contributed by atoms with Crippen LogP contribution in [0.4, 0.5) is 4.39 Å². The molecule has 1 saturated carbocycles. The minimum absolute atomic E-state index is 0.0479. The molecule has 142 valence electrons. The van der Waals surface area contributed by atoms with Crippen molar-refractivity contribution in [2.75, 3.05) is 6.61 Å².